The van der Waals surface area contributed by atoms with Crippen LogP contribution < -0.4 is 0 Å². The van der Waals surface area contributed by atoms with E-state index in [0.29, 0.717) is 12.0 Å². The topological polar surface area (TPSA) is 68.0 Å². The van der Waals surface area contributed by atoms with E-state index in [0.717, 1.165) is 17.4 Å². The highest BCUT2D eigenvalue weighted by Crippen LogP contribution is 2.35. The molecule has 1 aromatic heterocycles. The number of thioether (sulfide) groups is 1. The minimum Gasteiger partial charge on any atom is -0.481 e. The van der Waals surface area contributed by atoms with Crippen molar-refractivity contribution in [2.24, 2.45) is 5.92 Å². The molecule has 1 aliphatic carbocycles. The molecule has 5 nitrogen and oxygen atoms in total. The lowest BCUT2D eigenvalue weighted by Gasteiger charge is -2.25. The molecule has 0 spiro atoms. The average Bonchev–Trinajstić information content (AvgIpc) is 2.58. The molecule has 2 rings (SSSR count). The van der Waals surface area contributed by atoms with Crippen molar-refractivity contribution in [3.8, 4) is 0 Å². The zero-order chi connectivity index (χ0) is 13.8. The highest BCUT2D eigenvalue weighted by Gasteiger charge is 2.26. The molecule has 0 radical (unpaired) electrons. The molecule has 1 heterocycles. The lowest BCUT2D eigenvalue weighted by Crippen LogP contribution is -2.18. The molecule has 1 fully saturated rings. The maximum absolute atomic E-state index is 10.7. The van der Waals surface area contributed by atoms with Crippen molar-refractivity contribution in [2.75, 3.05) is 5.75 Å². The van der Waals surface area contributed by atoms with Crippen molar-refractivity contribution < 1.29 is 9.90 Å². The van der Waals surface area contributed by atoms with Gasteiger partial charge in [-0.05, 0) is 25.7 Å². The maximum atomic E-state index is 10.7. The number of carbonyl (C=O) groups is 1. The van der Waals surface area contributed by atoms with Gasteiger partial charge in [-0.2, -0.15) is 0 Å². The molecule has 2 unspecified atom stereocenters. The van der Waals surface area contributed by atoms with Crippen LogP contribution in [0.4, 0.5) is 0 Å². The first kappa shape index (κ1) is 14.4. The van der Waals surface area contributed by atoms with Crippen molar-refractivity contribution in [3.63, 3.8) is 0 Å². The molecule has 1 aliphatic rings. The Morgan fingerprint density at radius 1 is 1.37 bits per heavy atom. The SMILES string of the molecule is Cc1nnc(SCC(=O)O)n1C1CCCCCC1C. The van der Waals surface area contributed by atoms with E-state index in [1.54, 1.807) is 0 Å². The van der Waals surface area contributed by atoms with Gasteiger partial charge >= 0.3 is 5.97 Å². The predicted molar refractivity (Wildman–Crippen MR) is 74.4 cm³/mol. The Bertz CT molecular complexity index is 447. The summed E-state index contributed by atoms with van der Waals surface area (Å²) in [6, 6.07) is 0.411. The Kier molecular flexibility index (Phi) is 4.85. The zero-order valence-corrected chi connectivity index (χ0v) is 12.3. The first-order chi connectivity index (χ1) is 9.09. The lowest BCUT2D eigenvalue weighted by atomic mass is 9.97. The quantitative estimate of drug-likeness (QED) is 0.679. The smallest absolute Gasteiger partial charge is 0.313 e. The molecule has 0 aliphatic heterocycles. The number of rotatable bonds is 4. The van der Waals surface area contributed by atoms with Crippen molar-refractivity contribution in [1.29, 1.82) is 0 Å². The highest BCUT2D eigenvalue weighted by atomic mass is 32.2. The second-order valence-corrected chi connectivity index (χ2v) is 6.21. The summed E-state index contributed by atoms with van der Waals surface area (Å²) in [5.41, 5.74) is 0. The number of carboxylic acids is 1. The van der Waals surface area contributed by atoms with E-state index in [2.05, 4.69) is 21.7 Å². The molecule has 0 amide bonds. The number of aryl methyl sites for hydroxylation is 1. The van der Waals surface area contributed by atoms with Crippen molar-refractivity contribution in [2.45, 2.75) is 57.1 Å². The van der Waals surface area contributed by atoms with Crippen LogP contribution in [0.25, 0.3) is 0 Å². The number of nitrogens with zero attached hydrogens (tertiary/aromatic N) is 3. The first-order valence-electron chi connectivity index (χ1n) is 6.85. The van der Waals surface area contributed by atoms with Gasteiger partial charge in [0.2, 0.25) is 0 Å². The monoisotopic (exact) mass is 283 g/mol. The normalized spacial score (nSPS) is 24.1. The molecule has 106 valence electrons. The van der Waals surface area contributed by atoms with Crippen molar-refractivity contribution in [3.05, 3.63) is 5.82 Å². The Morgan fingerprint density at radius 2 is 2.11 bits per heavy atom. The fraction of sp³-hybridized carbons (Fsp3) is 0.769. The molecule has 6 heteroatoms. The number of aromatic nitrogens is 3. The Hall–Kier alpha value is -1.04. The highest BCUT2D eigenvalue weighted by molar-refractivity contribution is 7.99. The minimum atomic E-state index is -0.814. The molecule has 19 heavy (non-hydrogen) atoms. The molecule has 0 saturated heterocycles. The van der Waals surface area contributed by atoms with Crippen LogP contribution in [0.2, 0.25) is 0 Å². The summed E-state index contributed by atoms with van der Waals surface area (Å²) in [4.78, 5) is 10.7. The molecule has 1 N–H and O–H groups in total. The Balaban J connectivity index is 2.21. The van der Waals surface area contributed by atoms with Crippen molar-refractivity contribution in [1.82, 2.24) is 14.8 Å². The van der Waals surface area contributed by atoms with E-state index in [1.807, 2.05) is 6.92 Å². The zero-order valence-electron chi connectivity index (χ0n) is 11.5. The van der Waals surface area contributed by atoms with Crippen LogP contribution in [0.15, 0.2) is 5.16 Å². The van der Waals surface area contributed by atoms with Gasteiger partial charge in [0.1, 0.15) is 5.82 Å². The standard InChI is InChI=1S/C13H21N3O2S/c1-9-6-4-3-5-7-11(9)16-10(2)14-15-13(16)19-8-12(17)18/h9,11H,3-8H2,1-2H3,(H,17,18). The van der Waals surface area contributed by atoms with Crippen LogP contribution in [0, 0.1) is 12.8 Å². The van der Waals surface area contributed by atoms with Crippen LogP contribution in [-0.4, -0.2) is 31.6 Å². The molecule has 1 aromatic rings. The predicted octanol–water partition coefficient (Wildman–Crippen LogP) is 2.90. The third-order valence-electron chi connectivity index (χ3n) is 3.81. The van der Waals surface area contributed by atoms with E-state index in [9.17, 15) is 4.79 Å². The molecule has 2 atom stereocenters. The van der Waals surface area contributed by atoms with Gasteiger partial charge in [-0.15, -0.1) is 10.2 Å². The fourth-order valence-corrected chi connectivity index (χ4v) is 3.57. The lowest BCUT2D eigenvalue weighted by molar-refractivity contribution is -0.133. The summed E-state index contributed by atoms with van der Waals surface area (Å²) >= 11 is 1.27. The minimum absolute atomic E-state index is 0.0409. The van der Waals surface area contributed by atoms with Crippen molar-refractivity contribution >= 4 is 17.7 Å². The van der Waals surface area contributed by atoms with Gasteiger partial charge in [0.15, 0.2) is 5.16 Å². The molecular formula is C13H21N3O2S. The second-order valence-electron chi connectivity index (χ2n) is 5.26. The summed E-state index contributed by atoms with van der Waals surface area (Å²) in [7, 11) is 0. The number of hydrogen-bond acceptors (Lipinski definition) is 4. The largest absolute Gasteiger partial charge is 0.481 e. The molecule has 0 bridgehead atoms. The third kappa shape index (κ3) is 3.49. The van der Waals surface area contributed by atoms with Gasteiger partial charge < -0.3 is 9.67 Å². The summed E-state index contributed by atoms with van der Waals surface area (Å²) in [5, 5.41) is 17.8. The summed E-state index contributed by atoms with van der Waals surface area (Å²) < 4.78 is 2.16. The Labute approximate surface area is 117 Å². The van der Waals surface area contributed by atoms with Crippen LogP contribution in [0.3, 0.4) is 0 Å². The average molecular weight is 283 g/mol. The van der Waals surface area contributed by atoms with Gasteiger partial charge in [0.05, 0.1) is 5.75 Å². The van der Waals surface area contributed by atoms with Gasteiger partial charge in [-0.25, -0.2) is 0 Å². The van der Waals surface area contributed by atoms with Crippen LogP contribution in [0.5, 0.6) is 0 Å². The number of aliphatic carboxylic acids is 1. The summed E-state index contributed by atoms with van der Waals surface area (Å²) in [6.07, 6.45) is 6.18. The van der Waals surface area contributed by atoms with Crippen LogP contribution in [0.1, 0.15) is 50.9 Å². The first-order valence-corrected chi connectivity index (χ1v) is 7.84. The summed E-state index contributed by atoms with van der Waals surface area (Å²) in [6.45, 7) is 4.23. The number of hydrogen-bond donors (Lipinski definition) is 1. The van der Waals surface area contributed by atoms with Gasteiger partial charge in [-0.3, -0.25) is 4.79 Å². The van der Waals surface area contributed by atoms with Crippen LogP contribution >= 0.6 is 11.8 Å². The van der Waals surface area contributed by atoms with E-state index in [1.165, 1.54) is 37.4 Å². The van der Waals surface area contributed by atoms with Gasteiger partial charge in [0, 0.05) is 6.04 Å². The van der Waals surface area contributed by atoms with E-state index in [4.69, 9.17) is 5.11 Å². The van der Waals surface area contributed by atoms with E-state index >= 15 is 0 Å². The Morgan fingerprint density at radius 3 is 2.84 bits per heavy atom. The van der Waals surface area contributed by atoms with Gasteiger partial charge in [0.25, 0.3) is 0 Å². The second kappa shape index (κ2) is 6.41. The fourth-order valence-electron chi connectivity index (χ4n) is 2.81. The maximum Gasteiger partial charge on any atom is 0.313 e. The summed E-state index contributed by atoms with van der Waals surface area (Å²) in [5.74, 6) is 0.721. The molecule has 1 saturated carbocycles. The van der Waals surface area contributed by atoms with E-state index < -0.39 is 5.97 Å². The molecule has 0 aromatic carbocycles. The van der Waals surface area contributed by atoms with Crippen LogP contribution in [-0.2, 0) is 4.79 Å². The third-order valence-corrected chi connectivity index (χ3v) is 4.74. The number of carboxylic acid groups (broad SMARTS) is 1. The van der Waals surface area contributed by atoms with Gasteiger partial charge in [-0.1, -0.05) is 37.9 Å². The van der Waals surface area contributed by atoms with E-state index in [-0.39, 0.29) is 5.75 Å². The molecular weight excluding hydrogens is 262 g/mol.